The molecule has 0 spiro atoms. The Labute approximate surface area is 150 Å². The number of hydrogen-bond acceptors (Lipinski definition) is 5. The summed E-state index contributed by atoms with van der Waals surface area (Å²) in [6.45, 7) is 4.72. The van der Waals surface area contributed by atoms with Crippen molar-refractivity contribution in [3.63, 3.8) is 0 Å². The van der Waals surface area contributed by atoms with Gasteiger partial charge in [0.05, 0.1) is 11.4 Å². The smallest absolute Gasteiger partial charge is 0.246 e. The Balaban J connectivity index is 1.52. The number of anilines is 1. The van der Waals surface area contributed by atoms with Crippen LogP contribution in [0.5, 0.6) is 0 Å². The fourth-order valence-electron chi connectivity index (χ4n) is 2.12. The van der Waals surface area contributed by atoms with Crippen molar-refractivity contribution in [2.75, 3.05) is 5.32 Å². The van der Waals surface area contributed by atoms with Gasteiger partial charge in [-0.15, -0.1) is 11.3 Å². The molecule has 3 aromatic rings. The van der Waals surface area contributed by atoms with E-state index in [0.29, 0.717) is 29.3 Å². The van der Waals surface area contributed by atoms with Gasteiger partial charge in [0.25, 0.3) is 0 Å². The predicted molar refractivity (Wildman–Crippen MR) is 101 cm³/mol. The fourth-order valence-corrected chi connectivity index (χ4v) is 2.95. The van der Waals surface area contributed by atoms with Crippen LogP contribution in [-0.4, -0.2) is 15.3 Å². The number of nitrogens with one attached hydrogen (secondary N) is 2. The third-order valence-corrected chi connectivity index (χ3v) is 4.56. The molecule has 7 heteroatoms. The minimum absolute atomic E-state index is 0.383. The molecule has 0 saturated carbocycles. The number of nitrogens with zero attached hydrogens (tertiary/aromatic N) is 2. The first-order chi connectivity index (χ1) is 11.6. The van der Waals surface area contributed by atoms with Crippen molar-refractivity contribution in [3.8, 4) is 10.7 Å². The molecule has 124 valence electrons. The topological polar surface area (TPSA) is 63.0 Å². The van der Waals surface area contributed by atoms with E-state index in [4.69, 9.17) is 16.7 Å². The molecule has 5 nitrogen and oxygen atoms in total. The molecule has 0 atom stereocenters. The molecule has 0 unspecified atom stereocenters. The van der Waals surface area contributed by atoms with Crippen molar-refractivity contribution in [1.82, 2.24) is 15.5 Å². The zero-order valence-corrected chi connectivity index (χ0v) is 15.1. The highest BCUT2D eigenvalue weighted by atomic mass is 32.1. The molecule has 0 aliphatic heterocycles. The molecule has 0 bridgehead atoms. The normalized spacial score (nSPS) is 10.8. The van der Waals surface area contributed by atoms with Crippen molar-refractivity contribution >= 4 is 34.4 Å². The first-order valence-corrected chi connectivity index (χ1v) is 8.92. The number of thiocarbonyl (C=S) groups is 1. The Morgan fingerprint density at radius 1 is 1.25 bits per heavy atom. The van der Waals surface area contributed by atoms with E-state index in [2.05, 4.69) is 46.8 Å². The second-order valence-corrected chi connectivity index (χ2v) is 6.93. The first-order valence-electron chi connectivity index (χ1n) is 7.63. The maximum Gasteiger partial charge on any atom is 0.246 e. The monoisotopic (exact) mass is 358 g/mol. The summed E-state index contributed by atoms with van der Waals surface area (Å²) in [5.41, 5.74) is 2.24. The number of rotatable bonds is 5. The maximum absolute atomic E-state index is 5.30. The molecule has 1 aromatic carbocycles. The van der Waals surface area contributed by atoms with Crippen molar-refractivity contribution < 1.29 is 4.52 Å². The van der Waals surface area contributed by atoms with Gasteiger partial charge in [0.1, 0.15) is 0 Å². The Hall–Kier alpha value is -2.25. The highest BCUT2D eigenvalue weighted by Gasteiger charge is 2.09. The molecular formula is C17H18N4OS2. The van der Waals surface area contributed by atoms with Gasteiger partial charge in [-0.3, -0.25) is 0 Å². The molecule has 0 aliphatic rings. The molecule has 0 saturated heterocycles. The Morgan fingerprint density at radius 3 is 2.71 bits per heavy atom. The van der Waals surface area contributed by atoms with Crippen molar-refractivity contribution in [2.24, 2.45) is 0 Å². The minimum Gasteiger partial charge on any atom is -0.353 e. The zero-order chi connectivity index (χ0) is 16.9. The average Bonchev–Trinajstić information content (AvgIpc) is 3.25. The molecular weight excluding hydrogens is 340 g/mol. The lowest BCUT2D eigenvalue weighted by atomic mass is 10.0. The summed E-state index contributed by atoms with van der Waals surface area (Å²) in [6, 6.07) is 12.1. The van der Waals surface area contributed by atoms with Crippen LogP contribution < -0.4 is 10.6 Å². The number of aromatic nitrogens is 2. The molecule has 2 aromatic heterocycles. The minimum atomic E-state index is 0.383. The molecule has 0 fully saturated rings. The third kappa shape index (κ3) is 4.18. The van der Waals surface area contributed by atoms with Crippen LogP contribution in [-0.2, 0) is 6.54 Å². The molecule has 0 radical (unpaired) electrons. The van der Waals surface area contributed by atoms with Gasteiger partial charge in [0.2, 0.25) is 11.7 Å². The van der Waals surface area contributed by atoms with Gasteiger partial charge >= 0.3 is 0 Å². The van der Waals surface area contributed by atoms with E-state index in [9.17, 15) is 0 Å². The lowest BCUT2D eigenvalue weighted by Crippen LogP contribution is -2.28. The summed E-state index contributed by atoms with van der Waals surface area (Å²) in [6.07, 6.45) is 0. The predicted octanol–water partition coefficient (Wildman–Crippen LogP) is 4.41. The lowest BCUT2D eigenvalue weighted by molar-refractivity contribution is 0.376. The van der Waals surface area contributed by atoms with Gasteiger partial charge in [-0.1, -0.05) is 37.2 Å². The SMILES string of the molecule is CC(C)c1ccc(NC(=S)NCc2nc(-c3cccs3)no2)cc1. The third-order valence-electron chi connectivity index (χ3n) is 3.45. The van der Waals surface area contributed by atoms with Crippen LogP contribution in [0.1, 0.15) is 31.2 Å². The summed E-state index contributed by atoms with van der Waals surface area (Å²) in [7, 11) is 0. The molecule has 2 N–H and O–H groups in total. The summed E-state index contributed by atoms with van der Waals surface area (Å²) >= 11 is 6.87. The van der Waals surface area contributed by atoms with Crippen LogP contribution in [0.3, 0.4) is 0 Å². The van der Waals surface area contributed by atoms with E-state index in [1.165, 1.54) is 5.56 Å². The Bertz CT molecular complexity index is 794. The van der Waals surface area contributed by atoms with Gasteiger partial charge in [0, 0.05) is 5.69 Å². The van der Waals surface area contributed by atoms with E-state index >= 15 is 0 Å². The van der Waals surface area contributed by atoms with Gasteiger partial charge in [-0.2, -0.15) is 4.98 Å². The van der Waals surface area contributed by atoms with Crippen LogP contribution >= 0.6 is 23.6 Å². The quantitative estimate of drug-likeness (QED) is 0.659. The van der Waals surface area contributed by atoms with Crippen molar-refractivity contribution in [3.05, 3.63) is 53.2 Å². The summed E-state index contributed by atoms with van der Waals surface area (Å²) in [5, 5.41) is 12.7. The Morgan fingerprint density at radius 2 is 2.04 bits per heavy atom. The molecule has 24 heavy (non-hydrogen) atoms. The van der Waals surface area contributed by atoms with E-state index < -0.39 is 0 Å². The van der Waals surface area contributed by atoms with E-state index in [1.54, 1.807) is 11.3 Å². The second kappa shape index (κ2) is 7.55. The van der Waals surface area contributed by atoms with Gasteiger partial charge in [-0.05, 0) is 47.3 Å². The number of thiophene rings is 1. The molecule has 3 rings (SSSR count). The number of benzene rings is 1. The van der Waals surface area contributed by atoms with E-state index in [-0.39, 0.29) is 0 Å². The molecule has 2 heterocycles. The van der Waals surface area contributed by atoms with Gasteiger partial charge < -0.3 is 15.2 Å². The zero-order valence-electron chi connectivity index (χ0n) is 13.4. The van der Waals surface area contributed by atoms with Crippen LogP contribution in [0.2, 0.25) is 0 Å². The average molecular weight is 358 g/mol. The van der Waals surface area contributed by atoms with Crippen LogP contribution in [0.15, 0.2) is 46.3 Å². The van der Waals surface area contributed by atoms with Crippen LogP contribution in [0, 0.1) is 0 Å². The lowest BCUT2D eigenvalue weighted by Gasteiger charge is -2.10. The largest absolute Gasteiger partial charge is 0.353 e. The van der Waals surface area contributed by atoms with Crippen molar-refractivity contribution in [1.29, 1.82) is 0 Å². The Kier molecular flexibility index (Phi) is 5.22. The van der Waals surface area contributed by atoms with Gasteiger partial charge in [-0.25, -0.2) is 0 Å². The van der Waals surface area contributed by atoms with Gasteiger partial charge in [0.15, 0.2) is 5.11 Å². The van der Waals surface area contributed by atoms with E-state index in [1.807, 2.05) is 29.6 Å². The van der Waals surface area contributed by atoms with Crippen LogP contribution in [0.25, 0.3) is 10.7 Å². The summed E-state index contributed by atoms with van der Waals surface area (Å²) in [5.74, 6) is 1.61. The van der Waals surface area contributed by atoms with E-state index in [0.717, 1.165) is 10.6 Å². The van der Waals surface area contributed by atoms with Crippen LogP contribution in [0.4, 0.5) is 5.69 Å². The first kappa shape index (κ1) is 16.6. The standard InChI is InChI=1S/C17H18N4OS2/c1-11(2)12-5-7-13(8-6-12)19-17(23)18-10-15-20-16(21-22-15)14-4-3-9-24-14/h3-9,11H,10H2,1-2H3,(H2,18,19,23). The number of hydrogen-bond donors (Lipinski definition) is 2. The second-order valence-electron chi connectivity index (χ2n) is 5.57. The summed E-state index contributed by atoms with van der Waals surface area (Å²) in [4.78, 5) is 5.33. The van der Waals surface area contributed by atoms with Crippen molar-refractivity contribution in [2.45, 2.75) is 26.3 Å². The molecule has 0 amide bonds. The highest BCUT2D eigenvalue weighted by Crippen LogP contribution is 2.21. The molecule has 0 aliphatic carbocycles. The highest BCUT2D eigenvalue weighted by molar-refractivity contribution is 7.80. The maximum atomic E-state index is 5.30. The fraction of sp³-hybridized carbons (Fsp3) is 0.235. The summed E-state index contributed by atoms with van der Waals surface area (Å²) < 4.78 is 5.23.